The summed E-state index contributed by atoms with van der Waals surface area (Å²) in [6.45, 7) is 1.99. The average molecular weight is 257 g/mol. The summed E-state index contributed by atoms with van der Waals surface area (Å²) in [5.74, 6) is -0.325. The van der Waals surface area contributed by atoms with Crippen molar-refractivity contribution >= 4 is 17.1 Å². The Labute approximate surface area is 109 Å². The van der Waals surface area contributed by atoms with Crippen molar-refractivity contribution in [2.75, 3.05) is 5.32 Å². The minimum absolute atomic E-state index is 0.0286. The van der Waals surface area contributed by atoms with Crippen molar-refractivity contribution in [2.24, 2.45) is 0 Å². The lowest BCUT2D eigenvalue weighted by molar-refractivity contribution is 0.601. The van der Waals surface area contributed by atoms with Crippen LogP contribution in [-0.4, -0.2) is 9.97 Å². The monoisotopic (exact) mass is 257 g/mol. The summed E-state index contributed by atoms with van der Waals surface area (Å²) in [6, 6.07) is 8.51. The molecule has 0 bridgehead atoms. The minimum atomic E-state index is -0.325. The quantitative estimate of drug-likeness (QED) is 0.779. The van der Waals surface area contributed by atoms with Gasteiger partial charge in [-0.15, -0.1) is 0 Å². The number of rotatable bonds is 3. The lowest BCUT2D eigenvalue weighted by Gasteiger charge is -2.11. The first-order valence-electron chi connectivity index (χ1n) is 5.95. The third kappa shape index (κ3) is 2.40. The number of benzene rings is 1. The van der Waals surface area contributed by atoms with E-state index in [9.17, 15) is 4.39 Å². The molecule has 3 rings (SSSR count). The lowest BCUT2D eigenvalue weighted by Crippen LogP contribution is -2.06. The van der Waals surface area contributed by atoms with E-state index in [1.165, 1.54) is 12.1 Å². The highest BCUT2D eigenvalue weighted by Gasteiger charge is 2.10. The maximum atomic E-state index is 13.1. The van der Waals surface area contributed by atoms with Crippen LogP contribution < -0.4 is 5.32 Å². The number of oxazole rings is 1. The van der Waals surface area contributed by atoms with E-state index >= 15 is 0 Å². The van der Waals surface area contributed by atoms with Crippen LogP contribution in [0.15, 0.2) is 47.1 Å². The summed E-state index contributed by atoms with van der Waals surface area (Å²) in [5, 5.41) is 3.14. The van der Waals surface area contributed by atoms with E-state index in [2.05, 4.69) is 15.3 Å². The molecule has 0 fully saturated rings. The van der Waals surface area contributed by atoms with Crippen LogP contribution >= 0.6 is 0 Å². The second-order valence-electron chi connectivity index (χ2n) is 4.28. The Balaban J connectivity index is 1.85. The standard InChI is InChI=1S/C14H12FN3O/c1-9(10-4-6-16-7-5-10)17-14-18-12-8-11(15)2-3-13(12)19-14/h2-9H,1H3,(H,17,18)/t9-/m1/s1. The predicted octanol–water partition coefficient (Wildman–Crippen LogP) is 3.54. The minimum Gasteiger partial charge on any atom is -0.424 e. The molecule has 19 heavy (non-hydrogen) atoms. The Morgan fingerprint density at radius 3 is 2.79 bits per heavy atom. The number of halogens is 1. The molecule has 0 aliphatic rings. The van der Waals surface area contributed by atoms with Crippen LogP contribution in [0.3, 0.4) is 0 Å². The van der Waals surface area contributed by atoms with Crippen LogP contribution in [0.5, 0.6) is 0 Å². The van der Waals surface area contributed by atoms with Crippen LogP contribution in [0, 0.1) is 5.82 Å². The van der Waals surface area contributed by atoms with Crippen molar-refractivity contribution in [3.8, 4) is 0 Å². The normalized spacial score (nSPS) is 12.5. The van der Waals surface area contributed by atoms with E-state index in [0.29, 0.717) is 17.1 Å². The smallest absolute Gasteiger partial charge is 0.296 e. The van der Waals surface area contributed by atoms with Gasteiger partial charge in [0, 0.05) is 18.5 Å². The number of nitrogens with zero attached hydrogens (tertiary/aromatic N) is 2. The van der Waals surface area contributed by atoms with Crippen LogP contribution in [0.4, 0.5) is 10.4 Å². The third-order valence-electron chi connectivity index (χ3n) is 2.90. The number of hydrogen-bond acceptors (Lipinski definition) is 4. The molecule has 3 aromatic rings. The Bertz CT molecular complexity index is 696. The van der Waals surface area contributed by atoms with Crippen LogP contribution in [0.25, 0.3) is 11.1 Å². The largest absolute Gasteiger partial charge is 0.424 e. The Morgan fingerprint density at radius 1 is 1.21 bits per heavy atom. The molecule has 0 aliphatic carbocycles. The summed E-state index contributed by atoms with van der Waals surface area (Å²) >= 11 is 0. The molecule has 0 amide bonds. The maximum absolute atomic E-state index is 13.1. The Morgan fingerprint density at radius 2 is 2.00 bits per heavy atom. The van der Waals surface area contributed by atoms with Crippen molar-refractivity contribution < 1.29 is 8.81 Å². The van der Waals surface area contributed by atoms with Gasteiger partial charge in [0.2, 0.25) is 0 Å². The predicted molar refractivity (Wildman–Crippen MR) is 70.2 cm³/mol. The molecule has 1 atom stereocenters. The highest BCUT2D eigenvalue weighted by molar-refractivity contribution is 5.74. The van der Waals surface area contributed by atoms with Gasteiger partial charge in [0.25, 0.3) is 6.01 Å². The van der Waals surface area contributed by atoms with E-state index in [-0.39, 0.29) is 11.9 Å². The topological polar surface area (TPSA) is 51.0 Å². The molecule has 0 radical (unpaired) electrons. The molecule has 2 aromatic heterocycles. The first-order chi connectivity index (χ1) is 9.22. The number of nitrogens with one attached hydrogen (secondary N) is 1. The van der Waals surface area contributed by atoms with Gasteiger partial charge in [-0.25, -0.2) is 4.39 Å². The fraction of sp³-hybridized carbons (Fsp3) is 0.143. The summed E-state index contributed by atoms with van der Waals surface area (Å²) in [4.78, 5) is 8.18. The molecular formula is C14H12FN3O. The third-order valence-corrected chi connectivity index (χ3v) is 2.90. The molecule has 5 heteroatoms. The van der Waals surface area contributed by atoms with E-state index in [4.69, 9.17) is 4.42 Å². The van der Waals surface area contributed by atoms with E-state index in [1.54, 1.807) is 18.5 Å². The second-order valence-corrected chi connectivity index (χ2v) is 4.28. The van der Waals surface area contributed by atoms with Crippen molar-refractivity contribution in [1.82, 2.24) is 9.97 Å². The summed E-state index contributed by atoms with van der Waals surface area (Å²) < 4.78 is 18.6. The molecule has 96 valence electrons. The fourth-order valence-corrected chi connectivity index (χ4v) is 1.88. The molecule has 0 saturated carbocycles. The molecule has 0 unspecified atom stereocenters. The van der Waals surface area contributed by atoms with E-state index in [0.717, 1.165) is 5.56 Å². The van der Waals surface area contributed by atoms with Gasteiger partial charge in [-0.2, -0.15) is 4.98 Å². The summed E-state index contributed by atoms with van der Waals surface area (Å²) in [7, 11) is 0. The van der Waals surface area contributed by atoms with Crippen molar-refractivity contribution in [1.29, 1.82) is 0 Å². The van der Waals surface area contributed by atoms with Gasteiger partial charge in [0.05, 0.1) is 6.04 Å². The maximum Gasteiger partial charge on any atom is 0.296 e. The molecular weight excluding hydrogens is 245 g/mol. The number of pyridine rings is 1. The highest BCUT2D eigenvalue weighted by atomic mass is 19.1. The molecule has 4 nitrogen and oxygen atoms in total. The number of anilines is 1. The van der Waals surface area contributed by atoms with Crippen molar-refractivity contribution in [2.45, 2.75) is 13.0 Å². The zero-order chi connectivity index (χ0) is 13.2. The van der Waals surface area contributed by atoms with Gasteiger partial charge in [-0.05, 0) is 36.8 Å². The zero-order valence-corrected chi connectivity index (χ0v) is 10.3. The van der Waals surface area contributed by atoms with Crippen LogP contribution in [0.1, 0.15) is 18.5 Å². The van der Waals surface area contributed by atoms with Crippen molar-refractivity contribution in [3.05, 3.63) is 54.1 Å². The summed E-state index contributed by atoms with van der Waals surface area (Å²) in [5.41, 5.74) is 2.14. The number of hydrogen-bond donors (Lipinski definition) is 1. The number of aromatic nitrogens is 2. The van der Waals surface area contributed by atoms with Gasteiger partial charge >= 0.3 is 0 Å². The zero-order valence-electron chi connectivity index (χ0n) is 10.3. The molecule has 0 saturated heterocycles. The molecule has 1 aromatic carbocycles. The molecule has 0 spiro atoms. The van der Waals surface area contributed by atoms with Crippen LogP contribution in [-0.2, 0) is 0 Å². The van der Waals surface area contributed by atoms with Crippen LogP contribution in [0.2, 0.25) is 0 Å². The van der Waals surface area contributed by atoms with E-state index in [1.807, 2.05) is 19.1 Å². The Kier molecular flexibility index (Phi) is 2.87. The lowest BCUT2D eigenvalue weighted by atomic mass is 10.1. The fourth-order valence-electron chi connectivity index (χ4n) is 1.88. The van der Waals surface area contributed by atoms with Gasteiger partial charge in [0.15, 0.2) is 5.58 Å². The highest BCUT2D eigenvalue weighted by Crippen LogP contribution is 2.23. The Hall–Kier alpha value is -2.43. The number of fused-ring (bicyclic) bond motifs is 1. The molecule has 1 N–H and O–H groups in total. The van der Waals surface area contributed by atoms with Gasteiger partial charge < -0.3 is 9.73 Å². The second kappa shape index (κ2) is 4.68. The van der Waals surface area contributed by atoms with Gasteiger partial charge in [-0.3, -0.25) is 4.98 Å². The first kappa shape index (κ1) is 11.6. The van der Waals surface area contributed by atoms with E-state index < -0.39 is 0 Å². The SMILES string of the molecule is C[C@@H](Nc1nc2cc(F)ccc2o1)c1ccncc1. The van der Waals surface area contributed by atoms with Gasteiger partial charge in [-0.1, -0.05) is 0 Å². The molecule has 0 aliphatic heterocycles. The van der Waals surface area contributed by atoms with Crippen molar-refractivity contribution in [3.63, 3.8) is 0 Å². The summed E-state index contributed by atoms with van der Waals surface area (Å²) in [6.07, 6.45) is 3.46. The van der Waals surface area contributed by atoms with Gasteiger partial charge in [0.1, 0.15) is 11.3 Å². The molecule has 2 heterocycles. The average Bonchev–Trinajstić information content (AvgIpc) is 2.81. The first-order valence-corrected chi connectivity index (χ1v) is 5.95.